The molecule has 0 spiro atoms. The van der Waals surface area contributed by atoms with Crippen molar-refractivity contribution in [3.8, 4) is 0 Å². The highest BCUT2D eigenvalue weighted by molar-refractivity contribution is 7.98. The first-order valence-corrected chi connectivity index (χ1v) is 10.5. The number of aromatic nitrogens is 2. The smallest absolute Gasteiger partial charge is 0.169 e. The van der Waals surface area contributed by atoms with Gasteiger partial charge in [0, 0.05) is 20.8 Å². The molecule has 136 valence electrons. The van der Waals surface area contributed by atoms with Crippen molar-refractivity contribution in [3.63, 3.8) is 0 Å². The van der Waals surface area contributed by atoms with Gasteiger partial charge in [0.1, 0.15) is 0 Å². The first kappa shape index (κ1) is 18.7. The predicted octanol–water partition coefficient (Wildman–Crippen LogP) is 7.34. The van der Waals surface area contributed by atoms with Gasteiger partial charge in [-0.25, -0.2) is 4.98 Å². The molecule has 0 radical (unpaired) electrons. The summed E-state index contributed by atoms with van der Waals surface area (Å²) in [5.41, 5.74) is 4.06. The lowest BCUT2D eigenvalue weighted by atomic mass is 10.2. The number of rotatable bonds is 5. The van der Waals surface area contributed by atoms with Crippen molar-refractivity contribution in [1.82, 2.24) is 9.55 Å². The van der Waals surface area contributed by atoms with Crippen LogP contribution in [0.15, 0.2) is 71.9 Å². The van der Waals surface area contributed by atoms with Crippen LogP contribution in [0.3, 0.4) is 0 Å². The molecule has 2 nitrogen and oxygen atoms in total. The summed E-state index contributed by atoms with van der Waals surface area (Å²) in [4.78, 5) is 4.80. The second kappa shape index (κ2) is 8.15. The van der Waals surface area contributed by atoms with Crippen molar-refractivity contribution in [2.24, 2.45) is 0 Å². The van der Waals surface area contributed by atoms with Gasteiger partial charge in [-0.15, -0.1) is 0 Å². The Morgan fingerprint density at radius 2 is 1.59 bits per heavy atom. The van der Waals surface area contributed by atoms with E-state index in [0.717, 1.165) is 28.3 Å². The maximum Gasteiger partial charge on any atom is 0.169 e. The highest BCUT2D eigenvalue weighted by Crippen LogP contribution is 2.33. The van der Waals surface area contributed by atoms with Crippen LogP contribution < -0.4 is 0 Å². The van der Waals surface area contributed by atoms with Gasteiger partial charge >= 0.3 is 0 Å². The molecule has 0 amide bonds. The van der Waals surface area contributed by atoms with Crippen LogP contribution in [0.5, 0.6) is 0 Å². The summed E-state index contributed by atoms with van der Waals surface area (Å²) in [6.07, 6.45) is 0. The van der Waals surface area contributed by atoms with E-state index in [9.17, 15) is 0 Å². The molecule has 27 heavy (non-hydrogen) atoms. The normalized spacial score (nSPS) is 11.2. The van der Waals surface area contributed by atoms with Crippen LogP contribution in [0.25, 0.3) is 11.0 Å². The third-order valence-electron chi connectivity index (χ3n) is 4.27. The third kappa shape index (κ3) is 4.12. The fourth-order valence-corrected chi connectivity index (χ4v) is 4.84. The number of nitrogens with zero attached hydrogens (tertiary/aromatic N) is 2. The van der Waals surface area contributed by atoms with Crippen molar-refractivity contribution < 1.29 is 0 Å². The van der Waals surface area contributed by atoms with Crippen molar-refractivity contribution >= 4 is 57.6 Å². The van der Waals surface area contributed by atoms with Crippen LogP contribution in [-0.2, 0) is 12.3 Å². The van der Waals surface area contributed by atoms with Crippen LogP contribution in [0.4, 0.5) is 0 Å². The Kier molecular flexibility index (Phi) is 5.65. The highest BCUT2D eigenvalue weighted by Gasteiger charge is 2.14. The average molecular weight is 434 g/mol. The number of fused-ring (bicyclic) bond motifs is 1. The van der Waals surface area contributed by atoms with Crippen LogP contribution in [0.2, 0.25) is 15.1 Å². The molecule has 1 aromatic heterocycles. The lowest BCUT2D eigenvalue weighted by molar-refractivity contribution is 0.731. The molecule has 6 heteroatoms. The molecule has 0 aliphatic heterocycles. The number of benzene rings is 3. The Bertz CT molecular complexity index is 1070. The Labute approximate surface area is 177 Å². The number of hydrogen-bond donors (Lipinski definition) is 0. The quantitative estimate of drug-likeness (QED) is 0.306. The summed E-state index contributed by atoms with van der Waals surface area (Å²) in [6, 6.07) is 21.7. The fraction of sp³-hybridized carbons (Fsp3) is 0.0952. The molecule has 0 unspecified atom stereocenters. The van der Waals surface area contributed by atoms with E-state index in [1.54, 1.807) is 11.8 Å². The van der Waals surface area contributed by atoms with E-state index in [2.05, 4.69) is 16.7 Å². The van der Waals surface area contributed by atoms with Gasteiger partial charge in [-0.1, -0.05) is 83.0 Å². The van der Waals surface area contributed by atoms with Crippen LogP contribution >= 0.6 is 46.6 Å². The number of thioether (sulfide) groups is 1. The molecule has 4 rings (SSSR count). The molecule has 0 aliphatic rings. The topological polar surface area (TPSA) is 17.8 Å². The minimum atomic E-state index is 0.643. The van der Waals surface area contributed by atoms with E-state index >= 15 is 0 Å². The summed E-state index contributed by atoms with van der Waals surface area (Å²) in [7, 11) is 0. The van der Waals surface area contributed by atoms with Crippen LogP contribution in [0.1, 0.15) is 11.1 Å². The second-order valence-corrected chi connectivity index (χ2v) is 8.28. The maximum absolute atomic E-state index is 6.32. The standard InChI is InChI=1S/C21H15Cl3N2S/c22-15-9-10-20-19(11-15)25-21(26(20)12-14-5-2-1-3-6-14)27-13-16-17(23)7-4-8-18(16)24/h1-11H,12-13H2. The van der Waals surface area contributed by atoms with E-state index < -0.39 is 0 Å². The number of hydrogen-bond acceptors (Lipinski definition) is 2. The third-order valence-corrected chi connectivity index (χ3v) is 6.21. The molecule has 4 aromatic rings. The molecule has 0 aliphatic carbocycles. The molecule has 1 heterocycles. The van der Waals surface area contributed by atoms with Gasteiger partial charge in [-0.05, 0) is 41.5 Å². The molecule has 0 saturated heterocycles. The SMILES string of the molecule is Clc1ccc2c(c1)nc(SCc1c(Cl)cccc1Cl)n2Cc1ccccc1. The van der Waals surface area contributed by atoms with E-state index in [4.69, 9.17) is 39.8 Å². The summed E-state index contributed by atoms with van der Waals surface area (Å²) in [6.45, 7) is 0.734. The van der Waals surface area contributed by atoms with E-state index in [-0.39, 0.29) is 0 Å². The maximum atomic E-state index is 6.32. The van der Waals surface area contributed by atoms with E-state index in [1.807, 2.05) is 54.6 Å². The zero-order chi connectivity index (χ0) is 18.8. The monoisotopic (exact) mass is 432 g/mol. The van der Waals surface area contributed by atoms with Crippen molar-refractivity contribution in [3.05, 3.63) is 92.9 Å². The molecule has 3 aromatic carbocycles. The van der Waals surface area contributed by atoms with Gasteiger partial charge < -0.3 is 4.57 Å². The molecule has 0 atom stereocenters. The van der Waals surface area contributed by atoms with E-state index in [0.29, 0.717) is 20.8 Å². The zero-order valence-corrected chi connectivity index (χ0v) is 17.3. The molecule has 0 saturated carbocycles. The fourth-order valence-electron chi connectivity index (χ4n) is 2.92. The van der Waals surface area contributed by atoms with Gasteiger partial charge in [0.15, 0.2) is 5.16 Å². The summed E-state index contributed by atoms with van der Waals surface area (Å²) < 4.78 is 2.20. The second-order valence-electron chi connectivity index (χ2n) is 6.09. The molecular formula is C21H15Cl3N2S. The number of halogens is 3. The van der Waals surface area contributed by atoms with Crippen molar-refractivity contribution in [2.75, 3.05) is 0 Å². The molecule has 0 fully saturated rings. The van der Waals surface area contributed by atoms with Crippen LogP contribution in [-0.4, -0.2) is 9.55 Å². The summed E-state index contributed by atoms with van der Waals surface area (Å²) in [5, 5.41) is 2.93. The van der Waals surface area contributed by atoms with Gasteiger partial charge in [0.05, 0.1) is 17.6 Å². The van der Waals surface area contributed by atoms with Gasteiger partial charge in [0.2, 0.25) is 0 Å². The van der Waals surface area contributed by atoms with Gasteiger partial charge in [-0.2, -0.15) is 0 Å². The predicted molar refractivity (Wildman–Crippen MR) is 116 cm³/mol. The summed E-state index contributed by atoms with van der Waals surface area (Å²) in [5.74, 6) is 0.643. The largest absolute Gasteiger partial charge is 0.314 e. The minimum Gasteiger partial charge on any atom is -0.314 e. The Balaban J connectivity index is 1.71. The minimum absolute atomic E-state index is 0.643. The highest BCUT2D eigenvalue weighted by atomic mass is 35.5. The Hall–Kier alpha value is -1.65. The van der Waals surface area contributed by atoms with Gasteiger partial charge in [0.25, 0.3) is 0 Å². The average Bonchev–Trinajstić information content (AvgIpc) is 2.99. The molecule has 0 N–H and O–H groups in total. The lowest BCUT2D eigenvalue weighted by Crippen LogP contribution is -2.01. The first-order chi connectivity index (χ1) is 13.1. The van der Waals surface area contributed by atoms with E-state index in [1.165, 1.54) is 5.56 Å². The molecular weight excluding hydrogens is 419 g/mol. The lowest BCUT2D eigenvalue weighted by Gasteiger charge is -2.10. The van der Waals surface area contributed by atoms with Crippen molar-refractivity contribution in [2.45, 2.75) is 17.5 Å². The van der Waals surface area contributed by atoms with Gasteiger partial charge in [-0.3, -0.25) is 0 Å². The first-order valence-electron chi connectivity index (χ1n) is 8.37. The molecule has 0 bridgehead atoms. The Morgan fingerprint density at radius 3 is 2.33 bits per heavy atom. The van der Waals surface area contributed by atoms with Crippen molar-refractivity contribution in [1.29, 1.82) is 0 Å². The Morgan fingerprint density at radius 1 is 0.852 bits per heavy atom. The zero-order valence-electron chi connectivity index (χ0n) is 14.2. The summed E-state index contributed by atoms with van der Waals surface area (Å²) >= 11 is 20.4. The van der Waals surface area contributed by atoms with Crippen LogP contribution in [0, 0.1) is 0 Å². The number of imidazole rings is 1.